The van der Waals surface area contributed by atoms with Gasteiger partial charge in [0, 0.05) is 24.3 Å². The van der Waals surface area contributed by atoms with Gasteiger partial charge in [-0.1, -0.05) is 11.6 Å². The fraction of sp³-hybridized carbons (Fsp3) is 0.300. The summed E-state index contributed by atoms with van der Waals surface area (Å²) in [6, 6.07) is 9.40. The number of carboxylic acids is 1. The van der Waals surface area contributed by atoms with Gasteiger partial charge in [-0.25, -0.2) is 9.59 Å². The maximum Gasteiger partial charge on any atom is 0.414 e. The van der Waals surface area contributed by atoms with Gasteiger partial charge in [0.1, 0.15) is 6.10 Å². The van der Waals surface area contributed by atoms with Crippen LogP contribution in [0.5, 0.6) is 0 Å². The van der Waals surface area contributed by atoms with Gasteiger partial charge < -0.3 is 19.8 Å². The monoisotopic (exact) mass is 466 g/mol. The minimum atomic E-state index is -1.64. The highest BCUT2D eigenvalue weighted by molar-refractivity contribution is 7.18. The SMILES string of the molecule is O=C(O)C(=O)N(CCO)c1ccc(N2C[C@H](CCC(=O)c3ccc(Cl)s3)OC2=O)cc1. The van der Waals surface area contributed by atoms with E-state index in [1.165, 1.54) is 28.4 Å². The highest BCUT2D eigenvalue weighted by Crippen LogP contribution is 2.28. The Kier molecular flexibility index (Phi) is 7.26. The smallest absolute Gasteiger partial charge is 0.414 e. The van der Waals surface area contributed by atoms with Crippen molar-refractivity contribution in [2.24, 2.45) is 0 Å². The molecule has 31 heavy (non-hydrogen) atoms. The van der Waals surface area contributed by atoms with Crippen LogP contribution < -0.4 is 9.80 Å². The molecule has 2 N–H and O–H groups in total. The summed E-state index contributed by atoms with van der Waals surface area (Å²) in [5.41, 5.74) is 0.772. The van der Waals surface area contributed by atoms with Crippen molar-refractivity contribution >= 4 is 58.1 Å². The molecule has 1 aromatic carbocycles. The van der Waals surface area contributed by atoms with Crippen LogP contribution in [0.4, 0.5) is 16.2 Å². The first-order chi connectivity index (χ1) is 14.8. The molecule has 1 fully saturated rings. The van der Waals surface area contributed by atoms with E-state index in [9.17, 15) is 19.2 Å². The van der Waals surface area contributed by atoms with Crippen molar-refractivity contribution in [2.45, 2.75) is 18.9 Å². The number of thiophene rings is 1. The topological polar surface area (TPSA) is 124 Å². The summed E-state index contributed by atoms with van der Waals surface area (Å²) in [5.74, 6) is -2.87. The molecule has 1 saturated heterocycles. The Labute approximate surface area is 186 Å². The second kappa shape index (κ2) is 9.90. The Hall–Kier alpha value is -2.95. The lowest BCUT2D eigenvalue weighted by Gasteiger charge is -2.21. The maximum atomic E-state index is 12.3. The summed E-state index contributed by atoms with van der Waals surface area (Å²) in [6.07, 6.45) is -0.426. The third kappa shape index (κ3) is 5.40. The largest absolute Gasteiger partial charge is 0.474 e. The summed E-state index contributed by atoms with van der Waals surface area (Å²) in [5, 5.41) is 18.0. The number of aliphatic carboxylic acids is 1. The number of nitrogens with zero attached hydrogens (tertiary/aromatic N) is 2. The van der Waals surface area contributed by atoms with Gasteiger partial charge in [-0.15, -0.1) is 11.3 Å². The molecule has 2 heterocycles. The highest BCUT2D eigenvalue weighted by atomic mass is 35.5. The van der Waals surface area contributed by atoms with E-state index in [0.717, 1.165) is 4.90 Å². The molecule has 1 aliphatic heterocycles. The normalized spacial score (nSPS) is 15.6. The molecule has 0 bridgehead atoms. The molecule has 164 valence electrons. The molecule has 2 aromatic rings. The number of halogens is 1. The van der Waals surface area contributed by atoms with E-state index in [1.807, 2.05) is 0 Å². The Morgan fingerprint density at radius 2 is 1.90 bits per heavy atom. The number of hydrogen-bond acceptors (Lipinski definition) is 7. The van der Waals surface area contributed by atoms with Crippen LogP contribution in [0.2, 0.25) is 4.34 Å². The van der Waals surface area contributed by atoms with Crippen LogP contribution in [-0.2, 0) is 14.3 Å². The molecule has 0 aliphatic carbocycles. The summed E-state index contributed by atoms with van der Waals surface area (Å²) in [4.78, 5) is 50.1. The highest BCUT2D eigenvalue weighted by Gasteiger charge is 2.33. The van der Waals surface area contributed by atoms with Crippen LogP contribution in [0.25, 0.3) is 0 Å². The molecule has 3 rings (SSSR count). The lowest BCUT2D eigenvalue weighted by atomic mass is 10.1. The quantitative estimate of drug-likeness (QED) is 0.452. The summed E-state index contributed by atoms with van der Waals surface area (Å²) in [6.45, 7) is -0.329. The first-order valence-corrected chi connectivity index (χ1v) is 10.5. The van der Waals surface area contributed by atoms with Crippen LogP contribution in [0.15, 0.2) is 36.4 Å². The average molecular weight is 467 g/mol. The number of benzene rings is 1. The van der Waals surface area contributed by atoms with Crippen molar-refractivity contribution < 1.29 is 34.1 Å². The number of carbonyl (C=O) groups excluding carboxylic acids is 3. The number of ether oxygens (including phenoxy) is 1. The van der Waals surface area contributed by atoms with Gasteiger partial charge in [0.15, 0.2) is 5.78 Å². The van der Waals surface area contributed by atoms with Crippen LogP contribution in [-0.4, -0.2) is 59.8 Å². The van der Waals surface area contributed by atoms with E-state index in [0.29, 0.717) is 21.3 Å². The molecule has 0 radical (unpaired) electrons. The van der Waals surface area contributed by atoms with Gasteiger partial charge in [-0.05, 0) is 42.8 Å². The molecule has 1 aliphatic rings. The molecule has 11 heteroatoms. The summed E-state index contributed by atoms with van der Waals surface area (Å²) in [7, 11) is 0. The number of cyclic esters (lactones) is 1. The van der Waals surface area contributed by atoms with E-state index in [-0.39, 0.29) is 31.0 Å². The first-order valence-electron chi connectivity index (χ1n) is 9.32. The van der Waals surface area contributed by atoms with E-state index in [1.54, 1.807) is 24.3 Å². The second-order valence-corrected chi connectivity index (χ2v) is 8.40. The molecule has 0 spiro atoms. The van der Waals surface area contributed by atoms with Crippen molar-refractivity contribution in [2.75, 3.05) is 29.5 Å². The molecule has 0 saturated carbocycles. The maximum absolute atomic E-state index is 12.3. The third-order valence-corrected chi connectivity index (χ3v) is 5.91. The fourth-order valence-corrected chi connectivity index (χ4v) is 4.15. The Bertz CT molecular complexity index is 992. The Morgan fingerprint density at radius 1 is 1.19 bits per heavy atom. The number of ketones is 1. The van der Waals surface area contributed by atoms with Gasteiger partial charge in [0.2, 0.25) is 0 Å². The number of carbonyl (C=O) groups is 4. The van der Waals surface area contributed by atoms with Crippen LogP contribution >= 0.6 is 22.9 Å². The van der Waals surface area contributed by atoms with Gasteiger partial charge in [-0.2, -0.15) is 0 Å². The third-order valence-electron chi connectivity index (χ3n) is 4.64. The summed E-state index contributed by atoms with van der Waals surface area (Å²) < 4.78 is 5.88. The van der Waals surface area contributed by atoms with Crippen molar-refractivity contribution in [1.82, 2.24) is 0 Å². The van der Waals surface area contributed by atoms with Crippen molar-refractivity contribution in [3.05, 3.63) is 45.6 Å². The zero-order valence-electron chi connectivity index (χ0n) is 16.2. The molecule has 0 unspecified atom stereocenters. The van der Waals surface area contributed by atoms with Crippen molar-refractivity contribution in [1.29, 1.82) is 0 Å². The summed E-state index contributed by atoms with van der Waals surface area (Å²) >= 11 is 7.05. The number of amides is 2. The number of anilines is 2. The van der Waals surface area contributed by atoms with Crippen LogP contribution in [0, 0.1) is 0 Å². The minimum Gasteiger partial charge on any atom is -0.474 e. The second-order valence-electron chi connectivity index (χ2n) is 6.68. The molecule has 2 amide bonds. The molecular formula is C20H19ClN2O7S. The molecular weight excluding hydrogens is 448 g/mol. The number of rotatable bonds is 8. The minimum absolute atomic E-state index is 0.0668. The molecule has 1 aromatic heterocycles. The number of Topliss-reactive ketones (excluding diaryl/α,β-unsaturated/α-hetero) is 1. The Morgan fingerprint density at radius 3 is 2.48 bits per heavy atom. The Balaban J connectivity index is 1.62. The zero-order chi connectivity index (χ0) is 22.5. The lowest BCUT2D eigenvalue weighted by Crippen LogP contribution is -2.38. The predicted octanol–water partition coefficient (Wildman–Crippen LogP) is 2.80. The van der Waals surface area contributed by atoms with E-state index >= 15 is 0 Å². The number of hydrogen-bond donors (Lipinski definition) is 2. The van der Waals surface area contributed by atoms with Gasteiger partial charge in [0.25, 0.3) is 0 Å². The van der Waals surface area contributed by atoms with Gasteiger partial charge in [-0.3, -0.25) is 14.5 Å². The zero-order valence-corrected chi connectivity index (χ0v) is 17.8. The van der Waals surface area contributed by atoms with Gasteiger partial charge in [0.05, 0.1) is 22.4 Å². The number of aliphatic hydroxyl groups is 1. The van der Waals surface area contributed by atoms with Gasteiger partial charge >= 0.3 is 18.0 Å². The van der Waals surface area contributed by atoms with E-state index < -0.39 is 30.7 Å². The first kappa shape index (κ1) is 22.7. The predicted molar refractivity (Wildman–Crippen MR) is 114 cm³/mol. The van der Waals surface area contributed by atoms with E-state index in [2.05, 4.69) is 0 Å². The number of aliphatic hydroxyl groups excluding tert-OH is 1. The average Bonchev–Trinajstić information content (AvgIpc) is 3.35. The molecule has 1 atom stereocenters. The van der Waals surface area contributed by atoms with E-state index in [4.69, 9.17) is 26.6 Å². The van der Waals surface area contributed by atoms with Crippen LogP contribution in [0.1, 0.15) is 22.5 Å². The number of carboxylic acid groups (broad SMARTS) is 1. The fourth-order valence-electron chi connectivity index (χ4n) is 3.14. The lowest BCUT2D eigenvalue weighted by molar-refractivity contribution is -0.148. The standard InChI is InChI=1S/C20H19ClN2O7S/c21-17-8-7-16(31-17)15(25)6-5-14-11-23(20(29)30-14)13-3-1-12(2-4-13)22(9-10-24)18(26)19(27)28/h1-4,7-8,14,24H,5-6,9-11H2,(H,27,28)/t14-/m0/s1. The van der Waals surface area contributed by atoms with Crippen molar-refractivity contribution in [3.8, 4) is 0 Å². The molecule has 9 nitrogen and oxygen atoms in total. The van der Waals surface area contributed by atoms with Crippen molar-refractivity contribution in [3.63, 3.8) is 0 Å². The van der Waals surface area contributed by atoms with Crippen LogP contribution in [0.3, 0.4) is 0 Å².